The lowest BCUT2D eigenvalue weighted by molar-refractivity contribution is -0.114. The van der Waals surface area contributed by atoms with Crippen molar-refractivity contribution in [1.82, 2.24) is 4.98 Å². The average molecular weight is 301 g/mol. The van der Waals surface area contributed by atoms with Crippen LogP contribution in [-0.4, -0.2) is 16.7 Å². The van der Waals surface area contributed by atoms with E-state index >= 15 is 0 Å². The van der Waals surface area contributed by atoms with E-state index in [0.29, 0.717) is 22.0 Å². The van der Waals surface area contributed by atoms with Gasteiger partial charge in [-0.05, 0) is 43.2 Å². The highest BCUT2D eigenvalue weighted by Crippen LogP contribution is 2.34. The van der Waals surface area contributed by atoms with E-state index in [-0.39, 0.29) is 6.54 Å². The summed E-state index contributed by atoms with van der Waals surface area (Å²) in [5.74, 6) is -0.973. The summed E-state index contributed by atoms with van der Waals surface area (Å²) in [5.41, 5.74) is 3.68. The second-order valence-corrected chi connectivity index (χ2v) is 5.60. The normalized spacial score (nSPS) is 13.8. The van der Waals surface area contributed by atoms with E-state index in [0.717, 1.165) is 11.1 Å². The first-order valence-electron chi connectivity index (χ1n) is 6.55. The molecule has 0 atom stereocenters. The van der Waals surface area contributed by atoms with E-state index in [2.05, 4.69) is 4.98 Å². The van der Waals surface area contributed by atoms with Crippen molar-refractivity contribution in [2.45, 2.75) is 20.4 Å². The molecule has 21 heavy (non-hydrogen) atoms. The van der Waals surface area contributed by atoms with Crippen LogP contribution in [0.25, 0.3) is 0 Å². The molecule has 2 aromatic rings. The fourth-order valence-corrected chi connectivity index (χ4v) is 2.86. The maximum Gasteiger partial charge on any atom is 0.299 e. The van der Waals surface area contributed by atoms with Crippen molar-refractivity contribution in [2.24, 2.45) is 0 Å². The number of amides is 1. The molecule has 0 saturated heterocycles. The van der Waals surface area contributed by atoms with Gasteiger partial charge in [-0.1, -0.05) is 17.7 Å². The van der Waals surface area contributed by atoms with Crippen molar-refractivity contribution in [2.75, 3.05) is 4.90 Å². The number of hydrogen-bond acceptors (Lipinski definition) is 3. The zero-order chi connectivity index (χ0) is 15.1. The molecule has 106 valence electrons. The van der Waals surface area contributed by atoms with Gasteiger partial charge < -0.3 is 0 Å². The summed E-state index contributed by atoms with van der Waals surface area (Å²) in [6.07, 6.45) is 1.59. The van der Waals surface area contributed by atoms with Gasteiger partial charge in [0.05, 0.1) is 23.5 Å². The molecule has 5 heteroatoms. The number of Topliss-reactive ketones (excluding diaryl/α,β-unsaturated/α-hetero) is 1. The minimum atomic E-state index is -0.513. The number of pyridine rings is 1. The summed E-state index contributed by atoms with van der Waals surface area (Å²) in [6, 6.07) is 7.09. The third-order valence-corrected chi connectivity index (χ3v) is 3.73. The van der Waals surface area contributed by atoms with Crippen LogP contribution in [0.15, 0.2) is 30.5 Å². The van der Waals surface area contributed by atoms with E-state index in [9.17, 15) is 9.59 Å². The monoisotopic (exact) mass is 300 g/mol. The molecule has 1 aliphatic heterocycles. The van der Waals surface area contributed by atoms with Gasteiger partial charge in [-0.15, -0.1) is 0 Å². The molecule has 0 fully saturated rings. The minimum Gasteiger partial charge on any atom is -0.298 e. The second-order valence-electron chi connectivity index (χ2n) is 5.16. The fourth-order valence-electron chi connectivity index (χ4n) is 2.68. The van der Waals surface area contributed by atoms with Crippen LogP contribution >= 0.6 is 11.6 Å². The zero-order valence-corrected chi connectivity index (χ0v) is 12.4. The summed E-state index contributed by atoms with van der Waals surface area (Å²) in [6.45, 7) is 4.05. The Hall–Kier alpha value is -2.20. The third-order valence-electron chi connectivity index (χ3n) is 3.50. The summed E-state index contributed by atoms with van der Waals surface area (Å²) in [5, 5.41) is 0.554. The quantitative estimate of drug-likeness (QED) is 0.801. The van der Waals surface area contributed by atoms with Gasteiger partial charge in [0.2, 0.25) is 0 Å². The molecule has 1 aromatic heterocycles. The molecule has 2 heterocycles. The third kappa shape index (κ3) is 2.32. The molecule has 0 radical (unpaired) electrons. The van der Waals surface area contributed by atoms with E-state index in [1.807, 2.05) is 19.9 Å². The van der Waals surface area contributed by atoms with Crippen LogP contribution in [0.2, 0.25) is 5.02 Å². The Morgan fingerprint density at radius 2 is 1.95 bits per heavy atom. The first-order valence-corrected chi connectivity index (χ1v) is 6.93. The maximum atomic E-state index is 12.2. The number of benzene rings is 1. The summed E-state index contributed by atoms with van der Waals surface area (Å²) in [4.78, 5) is 30.0. The first kappa shape index (κ1) is 13.8. The number of rotatable bonds is 2. The topological polar surface area (TPSA) is 50.3 Å². The SMILES string of the molecule is Cc1cc(C)c2c(c1)C(=O)C(=O)N2Cc1cc(Cl)ccn1. The van der Waals surface area contributed by atoms with Crippen LogP contribution in [0, 0.1) is 13.8 Å². The number of aromatic nitrogens is 1. The summed E-state index contributed by atoms with van der Waals surface area (Å²) >= 11 is 5.94. The van der Waals surface area contributed by atoms with Crippen molar-refractivity contribution in [3.8, 4) is 0 Å². The molecule has 0 spiro atoms. The minimum absolute atomic E-state index is 0.238. The Morgan fingerprint density at radius 3 is 2.67 bits per heavy atom. The number of carbonyl (C=O) groups is 2. The highest BCUT2D eigenvalue weighted by atomic mass is 35.5. The summed E-state index contributed by atoms with van der Waals surface area (Å²) < 4.78 is 0. The van der Waals surface area contributed by atoms with Gasteiger partial charge in [-0.2, -0.15) is 0 Å². The van der Waals surface area contributed by atoms with Gasteiger partial charge in [-0.25, -0.2) is 0 Å². The zero-order valence-electron chi connectivity index (χ0n) is 11.7. The van der Waals surface area contributed by atoms with E-state index < -0.39 is 11.7 Å². The Bertz CT molecular complexity index is 771. The molecule has 0 aliphatic carbocycles. The Kier molecular flexibility index (Phi) is 3.26. The number of carbonyl (C=O) groups excluding carboxylic acids is 2. The van der Waals surface area contributed by atoms with Crippen molar-refractivity contribution < 1.29 is 9.59 Å². The number of aryl methyl sites for hydroxylation is 2. The molecule has 4 nitrogen and oxygen atoms in total. The number of anilines is 1. The van der Waals surface area contributed by atoms with E-state index in [1.165, 1.54) is 4.90 Å². The van der Waals surface area contributed by atoms with E-state index in [4.69, 9.17) is 11.6 Å². The van der Waals surface area contributed by atoms with Crippen LogP contribution in [0.1, 0.15) is 27.2 Å². The maximum absolute atomic E-state index is 12.2. The number of nitrogens with zero attached hydrogens (tertiary/aromatic N) is 2. The lowest BCUT2D eigenvalue weighted by Crippen LogP contribution is -2.29. The largest absolute Gasteiger partial charge is 0.299 e. The van der Waals surface area contributed by atoms with Crippen LogP contribution < -0.4 is 4.90 Å². The Morgan fingerprint density at radius 1 is 1.19 bits per heavy atom. The molecule has 3 rings (SSSR count). The molecular formula is C16H13ClN2O2. The Balaban J connectivity index is 2.05. The van der Waals surface area contributed by atoms with Gasteiger partial charge in [0.25, 0.3) is 11.7 Å². The van der Waals surface area contributed by atoms with Gasteiger partial charge >= 0.3 is 0 Å². The van der Waals surface area contributed by atoms with Crippen LogP contribution in [0.3, 0.4) is 0 Å². The first-order chi connectivity index (χ1) is 9.97. The number of hydrogen-bond donors (Lipinski definition) is 0. The van der Waals surface area contributed by atoms with Crippen LogP contribution in [0.4, 0.5) is 5.69 Å². The molecule has 1 aromatic carbocycles. The van der Waals surface area contributed by atoms with Gasteiger partial charge in [0.15, 0.2) is 0 Å². The van der Waals surface area contributed by atoms with Crippen LogP contribution in [0.5, 0.6) is 0 Å². The molecule has 0 bridgehead atoms. The number of fused-ring (bicyclic) bond motifs is 1. The lowest BCUT2D eigenvalue weighted by atomic mass is 10.0. The van der Waals surface area contributed by atoms with Crippen molar-refractivity contribution >= 4 is 29.0 Å². The lowest BCUT2D eigenvalue weighted by Gasteiger charge is -2.18. The highest BCUT2D eigenvalue weighted by Gasteiger charge is 2.37. The van der Waals surface area contributed by atoms with Crippen molar-refractivity contribution in [3.63, 3.8) is 0 Å². The molecule has 1 amide bonds. The highest BCUT2D eigenvalue weighted by molar-refractivity contribution is 6.52. The summed E-state index contributed by atoms with van der Waals surface area (Å²) in [7, 11) is 0. The van der Waals surface area contributed by atoms with E-state index in [1.54, 1.807) is 24.4 Å². The number of ketones is 1. The standard InChI is InChI=1S/C16H13ClN2O2/c1-9-5-10(2)14-13(6-9)15(20)16(21)19(14)8-12-7-11(17)3-4-18-12/h3-7H,8H2,1-2H3. The van der Waals surface area contributed by atoms with Crippen molar-refractivity contribution in [3.05, 3.63) is 57.9 Å². The smallest absolute Gasteiger partial charge is 0.298 e. The molecule has 0 saturated carbocycles. The second kappa shape index (κ2) is 4.97. The fraction of sp³-hybridized carbons (Fsp3) is 0.188. The van der Waals surface area contributed by atoms with Crippen LogP contribution in [-0.2, 0) is 11.3 Å². The number of halogens is 1. The molecular weight excluding hydrogens is 288 g/mol. The van der Waals surface area contributed by atoms with Gasteiger partial charge in [0, 0.05) is 11.2 Å². The van der Waals surface area contributed by atoms with Gasteiger partial charge in [0.1, 0.15) is 0 Å². The molecule has 0 unspecified atom stereocenters. The Labute approximate surface area is 127 Å². The van der Waals surface area contributed by atoms with Gasteiger partial charge in [-0.3, -0.25) is 19.5 Å². The molecule has 0 N–H and O–H groups in total. The average Bonchev–Trinajstić information content (AvgIpc) is 2.64. The molecule has 1 aliphatic rings. The predicted octanol–water partition coefficient (Wildman–Crippen LogP) is 3.08. The van der Waals surface area contributed by atoms with Crippen molar-refractivity contribution in [1.29, 1.82) is 0 Å². The predicted molar refractivity (Wildman–Crippen MR) is 80.7 cm³/mol.